The molecule has 15 heavy (non-hydrogen) atoms. The second-order valence-corrected chi connectivity index (χ2v) is 3.60. The highest BCUT2D eigenvalue weighted by atomic mass is 79.9. The Morgan fingerprint density at radius 1 is 1.47 bits per heavy atom. The summed E-state index contributed by atoms with van der Waals surface area (Å²) in [4.78, 5) is 10.6. The molecule has 0 radical (unpaired) electrons. The number of rotatable bonds is 2. The fraction of sp³-hybridized carbons (Fsp3) is 0.111. The van der Waals surface area contributed by atoms with Crippen LogP contribution in [0.3, 0.4) is 0 Å². The first-order valence-corrected chi connectivity index (χ1v) is 4.53. The SMILES string of the molecule is N#CC(C(=O)O)c1c(F)cc(Br)cc1F. The summed E-state index contributed by atoms with van der Waals surface area (Å²) in [6.07, 6.45) is 0. The Kier molecular flexibility index (Phi) is 3.37. The van der Waals surface area contributed by atoms with Crippen LogP contribution in [0.15, 0.2) is 16.6 Å². The summed E-state index contributed by atoms with van der Waals surface area (Å²) in [7, 11) is 0. The maximum Gasteiger partial charge on any atom is 0.325 e. The molecule has 0 aliphatic carbocycles. The third kappa shape index (κ3) is 2.30. The second-order valence-electron chi connectivity index (χ2n) is 2.68. The highest BCUT2D eigenvalue weighted by Crippen LogP contribution is 2.26. The Hall–Kier alpha value is -1.48. The maximum absolute atomic E-state index is 13.2. The second kappa shape index (κ2) is 4.36. The van der Waals surface area contributed by atoms with Gasteiger partial charge < -0.3 is 5.11 Å². The lowest BCUT2D eigenvalue weighted by Crippen LogP contribution is -2.13. The van der Waals surface area contributed by atoms with Gasteiger partial charge in [0.2, 0.25) is 0 Å². The van der Waals surface area contributed by atoms with Crippen LogP contribution in [0.4, 0.5) is 8.78 Å². The van der Waals surface area contributed by atoms with Gasteiger partial charge in [-0.2, -0.15) is 5.26 Å². The maximum atomic E-state index is 13.2. The van der Waals surface area contributed by atoms with Gasteiger partial charge >= 0.3 is 5.97 Å². The molecule has 6 heteroatoms. The number of nitrogens with zero attached hydrogens (tertiary/aromatic N) is 1. The molecule has 0 heterocycles. The van der Waals surface area contributed by atoms with Gasteiger partial charge in [0.15, 0.2) is 5.92 Å². The third-order valence-corrected chi connectivity index (χ3v) is 2.17. The van der Waals surface area contributed by atoms with E-state index in [9.17, 15) is 13.6 Å². The summed E-state index contributed by atoms with van der Waals surface area (Å²) in [6.45, 7) is 0. The lowest BCUT2D eigenvalue weighted by molar-refractivity contribution is -0.137. The number of carboxylic acid groups (broad SMARTS) is 1. The first-order chi connectivity index (χ1) is 6.97. The van der Waals surface area contributed by atoms with E-state index in [0.29, 0.717) is 0 Å². The topological polar surface area (TPSA) is 61.1 Å². The van der Waals surface area contributed by atoms with Crippen LogP contribution in [0.25, 0.3) is 0 Å². The van der Waals surface area contributed by atoms with Gasteiger partial charge in [-0.3, -0.25) is 4.79 Å². The molecule has 0 fully saturated rings. The molecule has 0 bridgehead atoms. The molecule has 0 spiro atoms. The fourth-order valence-electron chi connectivity index (χ4n) is 1.07. The van der Waals surface area contributed by atoms with Crippen LogP contribution >= 0.6 is 15.9 Å². The van der Waals surface area contributed by atoms with E-state index in [1.54, 1.807) is 0 Å². The summed E-state index contributed by atoms with van der Waals surface area (Å²) in [5.41, 5.74) is -0.742. The zero-order valence-corrected chi connectivity index (χ0v) is 8.75. The van der Waals surface area contributed by atoms with E-state index in [4.69, 9.17) is 10.4 Å². The summed E-state index contributed by atoms with van der Waals surface area (Å²) >= 11 is 2.84. The van der Waals surface area contributed by atoms with Crippen molar-refractivity contribution in [2.24, 2.45) is 0 Å². The normalized spacial score (nSPS) is 11.9. The minimum atomic E-state index is -1.84. The van der Waals surface area contributed by atoms with Gasteiger partial charge in [-0.25, -0.2) is 8.78 Å². The Balaban J connectivity index is 3.37. The molecule has 78 valence electrons. The molecule has 1 atom stereocenters. The number of carboxylic acids is 1. The van der Waals surface area contributed by atoms with E-state index in [1.165, 1.54) is 6.07 Å². The van der Waals surface area contributed by atoms with Crippen LogP contribution < -0.4 is 0 Å². The first-order valence-electron chi connectivity index (χ1n) is 3.74. The average Bonchev–Trinajstić information content (AvgIpc) is 2.09. The van der Waals surface area contributed by atoms with Gasteiger partial charge in [-0.15, -0.1) is 0 Å². The van der Waals surface area contributed by atoms with Gasteiger partial charge in [-0.05, 0) is 12.1 Å². The predicted molar refractivity (Wildman–Crippen MR) is 50.0 cm³/mol. The zero-order chi connectivity index (χ0) is 11.6. The van der Waals surface area contributed by atoms with Gasteiger partial charge in [-0.1, -0.05) is 15.9 Å². The molecule has 1 N–H and O–H groups in total. The Morgan fingerprint density at radius 2 is 1.93 bits per heavy atom. The van der Waals surface area contributed by atoms with E-state index in [2.05, 4.69) is 15.9 Å². The molecule has 0 amide bonds. The molecule has 1 aromatic carbocycles. The van der Waals surface area contributed by atoms with Crippen molar-refractivity contribution in [2.45, 2.75) is 5.92 Å². The molecule has 3 nitrogen and oxygen atoms in total. The van der Waals surface area contributed by atoms with Crippen molar-refractivity contribution in [2.75, 3.05) is 0 Å². The number of carbonyl (C=O) groups is 1. The Morgan fingerprint density at radius 3 is 2.27 bits per heavy atom. The van der Waals surface area contributed by atoms with Crippen LogP contribution in [0.2, 0.25) is 0 Å². The largest absolute Gasteiger partial charge is 0.480 e. The predicted octanol–water partition coefficient (Wildman–Crippen LogP) is 2.42. The molecule has 0 aromatic heterocycles. The molecule has 0 aliphatic rings. The minimum Gasteiger partial charge on any atom is -0.480 e. The molecular weight excluding hydrogens is 272 g/mol. The van der Waals surface area contributed by atoms with Crippen LogP contribution in [0, 0.1) is 23.0 Å². The smallest absolute Gasteiger partial charge is 0.325 e. The van der Waals surface area contributed by atoms with E-state index in [-0.39, 0.29) is 4.47 Å². The van der Waals surface area contributed by atoms with Gasteiger partial charge in [0, 0.05) is 4.47 Å². The molecule has 1 aromatic rings. The average molecular weight is 276 g/mol. The molecule has 0 saturated carbocycles. The summed E-state index contributed by atoms with van der Waals surface area (Å²) in [5.74, 6) is -5.54. The highest BCUT2D eigenvalue weighted by Gasteiger charge is 2.26. The standard InChI is InChI=1S/C9H4BrF2NO2/c10-4-1-6(11)8(7(12)2-4)5(3-13)9(14)15/h1-2,5H,(H,14,15). The lowest BCUT2D eigenvalue weighted by Gasteiger charge is -2.07. The van der Waals surface area contributed by atoms with Gasteiger partial charge in [0.1, 0.15) is 11.6 Å². The van der Waals surface area contributed by atoms with E-state index < -0.39 is 29.1 Å². The van der Waals surface area contributed by atoms with Gasteiger partial charge in [0.25, 0.3) is 0 Å². The van der Waals surface area contributed by atoms with Crippen molar-refractivity contribution in [3.63, 3.8) is 0 Å². The van der Waals surface area contributed by atoms with Crippen molar-refractivity contribution in [3.05, 3.63) is 33.8 Å². The highest BCUT2D eigenvalue weighted by molar-refractivity contribution is 9.10. The third-order valence-electron chi connectivity index (χ3n) is 1.71. The zero-order valence-electron chi connectivity index (χ0n) is 7.17. The number of halogens is 3. The summed E-state index contributed by atoms with van der Waals surface area (Å²) in [5, 5.41) is 17.1. The molecule has 1 rings (SSSR count). The molecule has 1 unspecified atom stereocenters. The summed E-state index contributed by atoms with van der Waals surface area (Å²) < 4.78 is 26.6. The Labute approximate surface area is 92.1 Å². The molecule has 0 aliphatic heterocycles. The number of hydrogen-bond donors (Lipinski definition) is 1. The first kappa shape index (κ1) is 11.6. The van der Waals surface area contributed by atoms with Crippen molar-refractivity contribution in [3.8, 4) is 6.07 Å². The van der Waals surface area contributed by atoms with Crippen molar-refractivity contribution < 1.29 is 18.7 Å². The van der Waals surface area contributed by atoms with E-state index in [1.807, 2.05) is 0 Å². The lowest BCUT2D eigenvalue weighted by atomic mass is 10.00. The van der Waals surface area contributed by atoms with Crippen molar-refractivity contribution in [1.82, 2.24) is 0 Å². The molecular formula is C9H4BrF2NO2. The summed E-state index contributed by atoms with van der Waals surface area (Å²) in [6, 6.07) is 3.14. The fourth-order valence-corrected chi connectivity index (χ4v) is 1.47. The number of aliphatic carboxylic acids is 1. The van der Waals surface area contributed by atoms with Crippen LogP contribution in [-0.2, 0) is 4.79 Å². The number of nitriles is 1. The number of benzene rings is 1. The van der Waals surface area contributed by atoms with Crippen LogP contribution in [0.1, 0.15) is 11.5 Å². The van der Waals surface area contributed by atoms with Crippen molar-refractivity contribution in [1.29, 1.82) is 5.26 Å². The monoisotopic (exact) mass is 275 g/mol. The van der Waals surface area contributed by atoms with Crippen LogP contribution in [-0.4, -0.2) is 11.1 Å². The van der Waals surface area contributed by atoms with E-state index >= 15 is 0 Å². The molecule has 0 saturated heterocycles. The van der Waals surface area contributed by atoms with E-state index in [0.717, 1.165) is 12.1 Å². The Bertz CT molecular complexity index is 433. The minimum absolute atomic E-state index is 0.142. The quantitative estimate of drug-likeness (QED) is 0.902. The van der Waals surface area contributed by atoms with Crippen molar-refractivity contribution >= 4 is 21.9 Å². The number of hydrogen-bond acceptors (Lipinski definition) is 2. The van der Waals surface area contributed by atoms with Crippen LogP contribution in [0.5, 0.6) is 0 Å². The van der Waals surface area contributed by atoms with Gasteiger partial charge in [0.05, 0.1) is 11.6 Å².